The Kier molecular flexibility index (Phi) is 4.34. The summed E-state index contributed by atoms with van der Waals surface area (Å²) in [5.74, 6) is -0.572. The molecule has 1 aromatic rings. The van der Waals surface area contributed by atoms with Crippen molar-refractivity contribution in [3.8, 4) is 0 Å². The lowest BCUT2D eigenvalue weighted by molar-refractivity contribution is -0.137. The first-order valence-electron chi connectivity index (χ1n) is 4.47. The third kappa shape index (κ3) is 3.89. The lowest BCUT2D eigenvalue weighted by atomic mass is 10.1. The summed E-state index contributed by atoms with van der Waals surface area (Å²) in [5, 5.41) is 0. The molecule has 0 bridgehead atoms. The molecular formula is C11H8BrF3O2. The van der Waals surface area contributed by atoms with Crippen molar-refractivity contribution in [2.24, 2.45) is 0 Å². The first-order valence-corrected chi connectivity index (χ1v) is 5.26. The molecule has 17 heavy (non-hydrogen) atoms. The van der Waals surface area contributed by atoms with Crippen molar-refractivity contribution in [3.63, 3.8) is 0 Å². The molecule has 0 saturated carbocycles. The fourth-order valence-corrected chi connectivity index (χ4v) is 1.58. The van der Waals surface area contributed by atoms with E-state index in [1.807, 2.05) is 0 Å². The van der Waals surface area contributed by atoms with Gasteiger partial charge < -0.3 is 4.74 Å². The molecule has 92 valence electrons. The lowest BCUT2D eigenvalue weighted by Crippen LogP contribution is -2.04. The van der Waals surface area contributed by atoms with E-state index in [0.29, 0.717) is 5.56 Å². The monoisotopic (exact) mass is 308 g/mol. The normalized spacial score (nSPS) is 11.8. The van der Waals surface area contributed by atoms with Gasteiger partial charge >= 0.3 is 12.1 Å². The number of halogens is 4. The van der Waals surface area contributed by atoms with Gasteiger partial charge in [0.2, 0.25) is 0 Å². The summed E-state index contributed by atoms with van der Waals surface area (Å²) in [6.45, 7) is 0. The average molecular weight is 309 g/mol. The van der Waals surface area contributed by atoms with Crippen LogP contribution in [-0.4, -0.2) is 13.1 Å². The van der Waals surface area contributed by atoms with Crippen LogP contribution in [0.25, 0.3) is 6.08 Å². The number of ether oxygens (including phenoxy) is 1. The fourth-order valence-electron chi connectivity index (χ4n) is 1.06. The smallest absolute Gasteiger partial charge is 0.416 e. The van der Waals surface area contributed by atoms with E-state index in [9.17, 15) is 18.0 Å². The molecule has 0 radical (unpaired) electrons. The summed E-state index contributed by atoms with van der Waals surface area (Å²) in [7, 11) is 1.22. The summed E-state index contributed by atoms with van der Waals surface area (Å²) < 4.78 is 41.7. The predicted molar refractivity (Wildman–Crippen MR) is 60.2 cm³/mol. The Morgan fingerprint density at radius 3 is 2.53 bits per heavy atom. The molecule has 0 heterocycles. The van der Waals surface area contributed by atoms with E-state index in [2.05, 4.69) is 20.7 Å². The van der Waals surface area contributed by atoms with Crippen molar-refractivity contribution >= 4 is 28.0 Å². The van der Waals surface area contributed by atoms with Crippen molar-refractivity contribution in [2.45, 2.75) is 6.18 Å². The minimum Gasteiger partial charge on any atom is -0.466 e. The summed E-state index contributed by atoms with van der Waals surface area (Å²) >= 11 is 3.01. The third-order valence-corrected chi connectivity index (χ3v) is 2.61. The summed E-state index contributed by atoms with van der Waals surface area (Å²) in [4.78, 5) is 10.8. The lowest BCUT2D eigenvalue weighted by Gasteiger charge is -2.08. The van der Waals surface area contributed by atoms with Crippen LogP contribution in [-0.2, 0) is 15.7 Å². The van der Waals surface area contributed by atoms with Crippen molar-refractivity contribution in [1.29, 1.82) is 0 Å². The molecule has 0 aliphatic carbocycles. The Bertz CT molecular complexity index is 453. The van der Waals surface area contributed by atoms with E-state index in [0.717, 1.165) is 18.2 Å². The van der Waals surface area contributed by atoms with Crippen molar-refractivity contribution in [1.82, 2.24) is 0 Å². The van der Waals surface area contributed by atoms with Crippen LogP contribution in [0.5, 0.6) is 0 Å². The minimum absolute atomic E-state index is 0.257. The standard InChI is InChI=1S/C11H8BrF3O2/c1-17-10(16)5-3-7-2-4-8(6-9(7)12)11(13,14)15/h2-6H,1H3/b5-3+. The highest BCUT2D eigenvalue weighted by Crippen LogP contribution is 2.32. The highest BCUT2D eigenvalue weighted by molar-refractivity contribution is 9.10. The van der Waals surface area contributed by atoms with Crippen LogP contribution in [0.4, 0.5) is 13.2 Å². The Morgan fingerprint density at radius 1 is 1.41 bits per heavy atom. The van der Waals surface area contributed by atoms with Gasteiger partial charge in [-0.1, -0.05) is 22.0 Å². The SMILES string of the molecule is COC(=O)/C=C/c1ccc(C(F)(F)F)cc1Br. The maximum Gasteiger partial charge on any atom is 0.416 e. The number of rotatable bonds is 2. The summed E-state index contributed by atoms with van der Waals surface area (Å²) in [5.41, 5.74) is -0.289. The average Bonchev–Trinajstić information content (AvgIpc) is 2.25. The number of alkyl halides is 3. The number of carbonyl (C=O) groups is 1. The van der Waals surface area contributed by atoms with Crippen molar-refractivity contribution < 1.29 is 22.7 Å². The molecule has 1 rings (SSSR count). The Morgan fingerprint density at radius 2 is 2.06 bits per heavy atom. The number of hydrogen-bond acceptors (Lipinski definition) is 2. The van der Waals surface area contributed by atoms with Crippen LogP contribution < -0.4 is 0 Å². The van der Waals surface area contributed by atoms with Gasteiger partial charge in [-0.2, -0.15) is 13.2 Å². The Balaban J connectivity index is 2.99. The molecule has 0 spiro atoms. The molecule has 0 aliphatic heterocycles. The fraction of sp³-hybridized carbons (Fsp3) is 0.182. The van der Waals surface area contributed by atoms with Gasteiger partial charge in [0.15, 0.2) is 0 Å². The number of esters is 1. The molecule has 0 aliphatic rings. The largest absolute Gasteiger partial charge is 0.466 e. The minimum atomic E-state index is -4.38. The van der Waals surface area contributed by atoms with Crippen LogP contribution in [0.2, 0.25) is 0 Å². The Labute approximate surface area is 104 Å². The number of benzene rings is 1. The molecular weight excluding hydrogens is 301 g/mol. The zero-order valence-electron chi connectivity index (χ0n) is 8.72. The van der Waals surface area contributed by atoms with E-state index >= 15 is 0 Å². The first-order chi connectivity index (χ1) is 7.84. The van der Waals surface area contributed by atoms with Crippen LogP contribution in [0, 0.1) is 0 Å². The first kappa shape index (κ1) is 13.8. The predicted octanol–water partition coefficient (Wildman–Crippen LogP) is 3.65. The van der Waals surface area contributed by atoms with Crippen LogP contribution in [0.1, 0.15) is 11.1 Å². The molecule has 0 amide bonds. The molecule has 0 aromatic heterocycles. The van der Waals surface area contributed by atoms with Gasteiger partial charge in [0, 0.05) is 10.5 Å². The van der Waals surface area contributed by atoms with E-state index in [4.69, 9.17) is 0 Å². The highest BCUT2D eigenvalue weighted by atomic mass is 79.9. The molecule has 0 unspecified atom stereocenters. The molecule has 0 fully saturated rings. The summed E-state index contributed by atoms with van der Waals surface area (Å²) in [6, 6.07) is 3.17. The molecule has 2 nitrogen and oxygen atoms in total. The maximum absolute atomic E-state index is 12.4. The van der Waals surface area contributed by atoms with Crippen LogP contribution in [0.15, 0.2) is 28.7 Å². The zero-order chi connectivity index (χ0) is 13.1. The zero-order valence-corrected chi connectivity index (χ0v) is 10.3. The van der Waals surface area contributed by atoms with Gasteiger partial charge in [-0.15, -0.1) is 0 Å². The van der Waals surface area contributed by atoms with Crippen molar-refractivity contribution in [3.05, 3.63) is 39.9 Å². The van der Waals surface area contributed by atoms with Gasteiger partial charge in [0.25, 0.3) is 0 Å². The van der Waals surface area contributed by atoms with Gasteiger partial charge in [-0.25, -0.2) is 4.79 Å². The number of carbonyl (C=O) groups excluding carboxylic acids is 1. The summed E-state index contributed by atoms with van der Waals surface area (Å²) in [6.07, 6.45) is -1.88. The van der Waals surface area contributed by atoms with Gasteiger partial charge in [0.05, 0.1) is 12.7 Å². The maximum atomic E-state index is 12.4. The van der Waals surface area contributed by atoms with Gasteiger partial charge in [-0.3, -0.25) is 0 Å². The van der Waals surface area contributed by atoms with E-state index in [1.165, 1.54) is 19.3 Å². The highest BCUT2D eigenvalue weighted by Gasteiger charge is 2.30. The number of methoxy groups -OCH3 is 1. The van der Waals surface area contributed by atoms with E-state index in [-0.39, 0.29) is 4.47 Å². The van der Waals surface area contributed by atoms with Crippen molar-refractivity contribution in [2.75, 3.05) is 7.11 Å². The molecule has 0 atom stereocenters. The topological polar surface area (TPSA) is 26.3 Å². The molecule has 6 heteroatoms. The Hall–Kier alpha value is -1.30. The number of hydrogen-bond donors (Lipinski definition) is 0. The second kappa shape index (κ2) is 5.35. The molecule has 0 saturated heterocycles. The van der Waals surface area contributed by atoms with E-state index < -0.39 is 17.7 Å². The van der Waals surface area contributed by atoms with Gasteiger partial charge in [-0.05, 0) is 23.8 Å². The van der Waals surface area contributed by atoms with Gasteiger partial charge in [0.1, 0.15) is 0 Å². The third-order valence-electron chi connectivity index (χ3n) is 1.93. The quantitative estimate of drug-likeness (QED) is 0.616. The second-order valence-electron chi connectivity index (χ2n) is 3.09. The van der Waals surface area contributed by atoms with Crippen LogP contribution >= 0.6 is 15.9 Å². The van der Waals surface area contributed by atoms with E-state index in [1.54, 1.807) is 0 Å². The molecule has 0 N–H and O–H groups in total. The van der Waals surface area contributed by atoms with Crippen LogP contribution in [0.3, 0.4) is 0 Å². The molecule has 1 aromatic carbocycles. The second-order valence-corrected chi connectivity index (χ2v) is 3.94.